The molecule has 1 saturated heterocycles. The number of rotatable bonds is 5. The van der Waals surface area contributed by atoms with E-state index in [-0.39, 0.29) is 29.6 Å². The van der Waals surface area contributed by atoms with Gasteiger partial charge in [-0.2, -0.15) is 0 Å². The Bertz CT molecular complexity index is 1000. The molecule has 4 rings (SSSR count). The van der Waals surface area contributed by atoms with Crippen LogP contribution in [0.2, 0.25) is 0 Å². The van der Waals surface area contributed by atoms with Crippen molar-refractivity contribution < 1.29 is 18.7 Å². The highest BCUT2D eigenvalue weighted by Crippen LogP contribution is 2.43. The number of hydrogen-bond donors (Lipinski definition) is 1. The highest BCUT2D eigenvalue weighted by molar-refractivity contribution is 7.17. The van der Waals surface area contributed by atoms with Gasteiger partial charge < -0.3 is 15.0 Å². The molecule has 1 N–H and O–H groups in total. The van der Waals surface area contributed by atoms with Crippen LogP contribution in [0.15, 0.2) is 24.3 Å². The number of piperazine rings is 1. The smallest absolute Gasteiger partial charge is 0.264 e. The second kappa shape index (κ2) is 8.61. The van der Waals surface area contributed by atoms with Crippen molar-refractivity contribution in [2.45, 2.75) is 59.2 Å². The number of thiophene rings is 1. The lowest BCUT2D eigenvalue weighted by atomic mass is 9.95. The van der Waals surface area contributed by atoms with E-state index in [4.69, 9.17) is 4.74 Å². The third-order valence-electron chi connectivity index (χ3n) is 5.74. The third kappa shape index (κ3) is 4.47. The van der Waals surface area contributed by atoms with Crippen molar-refractivity contribution >= 4 is 23.2 Å². The van der Waals surface area contributed by atoms with E-state index in [1.807, 2.05) is 6.07 Å². The maximum absolute atomic E-state index is 13.8. The van der Waals surface area contributed by atoms with Gasteiger partial charge in [0.15, 0.2) is 0 Å². The Morgan fingerprint density at radius 3 is 2.68 bits per heavy atom. The number of benzene rings is 1. The minimum Gasteiger partial charge on any atom is -0.488 e. The van der Waals surface area contributed by atoms with Crippen LogP contribution in [0.25, 0.3) is 10.4 Å². The van der Waals surface area contributed by atoms with Crippen LogP contribution in [-0.4, -0.2) is 35.3 Å². The van der Waals surface area contributed by atoms with Crippen molar-refractivity contribution in [3.8, 4) is 16.2 Å². The van der Waals surface area contributed by atoms with Gasteiger partial charge in [0, 0.05) is 28.6 Å². The number of amides is 2. The van der Waals surface area contributed by atoms with E-state index in [2.05, 4.69) is 33.0 Å². The summed E-state index contributed by atoms with van der Waals surface area (Å²) in [4.78, 5) is 29.7. The van der Waals surface area contributed by atoms with Gasteiger partial charge in [-0.25, -0.2) is 4.39 Å². The molecule has 3 heterocycles. The molecule has 7 heteroatoms. The highest BCUT2D eigenvalue weighted by Gasteiger charge is 2.39. The van der Waals surface area contributed by atoms with Crippen molar-refractivity contribution in [3.05, 3.63) is 40.5 Å². The zero-order valence-corrected chi connectivity index (χ0v) is 19.2. The Balaban J connectivity index is 1.66. The molecular formula is C24H29FN2O3S. The Kier molecular flexibility index (Phi) is 6.06. The van der Waals surface area contributed by atoms with E-state index in [0.717, 1.165) is 16.9 Å². The van der Waals surface area contributed by atoms with Crippen molar-refractivity contribution in [1.29, 1.82) is 0 Å². The molecule has 0 bridgehead atoms. The van der Waals surface area contributed by atoms with Crippen molar-refractivity contribution in [3.63, 3.8) is 0 Å². The van der Waals surface area contributed by atoms with E-state index >= 15 is 0 Å². The van der Waals surface area contributed by atoms with Crippen LogP contribution >= 0.6 is 11.3 Å². The fourth-order valence-electron chi connectivity index (χ4n) is 4.43. The maximum atomic E-state index is 13.8. The van der Waals surface area contributed by atoms with Gasteiger partial charge in [0.05, 0.1) is 4.88 Å². The number of carbonyl (C=O) groups excluding carboxylic acids is 2. The molecule has 2 amide bonds. The number of ether oxygens (including phenoxy) is 1. The maximum Gasteiger partial charge on any atom is 0.264 e. The van der Waals surface area contributed by atoms with Crippen LogP contribution in [-0.2, 0) is 11.4 Å². The summed E-state index contributed by atoms with van der Waals surface area (Å²) in [7, 11) is 0. The summed E-state index contributed by atoms with van der Waals surface area (Å²) in [5, 5.41) is 3.12. The average Bonchev–Trinajstić information content (AvgIpc) is 3.13. The molecule has 2 aliphatic heterocycles. The van der Waals surface area contributed by atoms with Crippen LogP contribution < -0.4 is 10.1 Å². The monoisotopic (exact) mass is 444 g/mol. The zero-order valence-electron chi connectivity index (χ0n) is 18.4. The SMILES string of the molecule is CC(C)C[C@H]1CN(C(=O)c2cc3c(s2)-c2cc(F)ccc2OC3)[C@@H](CC(C)C)C(=O)N1. The van der Waals surface area contributed by atoms with Crippen molar-refractivity contribution in [2.24, 2.45) is 11.8 Å². The molecule has 1 aromatic heterocycles. The largest absolute Gasteiger partial charge is 0.488 e. The lowest BCUT2D eigenvalue weighted by Gasteiger charge is -2.40. The summed E-state index contributed by atoms with van der Waals surface area (Å²) in [5.41, 5.74) is 1.56. The van der Waals surface area contributed by atoms with Gasteiger partial charge in [-0.3, -0.25) is 9.59 Å². The van der Waals surface area contributed by atoms with Gasteiger partial charge in [-0.05, 0) is 48.9 Å². The molecule has 0 saturated carbocycles. The topological polar surface area (TPSA) is 58.6 Å². The normalized spacial score (nSPS) is 20.4. The molecule has 5 nitrogen and oxygen atoms in total. The molecule has 2 aromatic rings. The minimum absolute atomic E-state index is 0.0485. The van der Waals surface area contributed by atoms with Gasteiger partial charge in [0.2, 0.25) is 5.91 Å². The van der Waals surface area contributed by atoms with Gasteiger partial charge >= 0.3 is 0 Å². The van der Waals surface area contributed by atoms with Crippen LogP contribution in [0.5, 0.6) is 5.75 Å². The first-order valence-electron chi connectivity index (χ1n) is 10.9. The van der Waals surface area contributed by atoms with Gasteiger partial charge in [0.1, 0.15) is 24.2 Å². The van der Waals surface area contributed by atoms with Gasteiger partial charge in [-0.1, -0.05) is 27.7 Å². The van der Waals surface area contributed by atoms with Gasteiger partial charge in [-0.15, -0.1) is 11.3 Å². The highest BCUT2D eigenvalue weighted by atomic mass is 32.1. The molecule has 166 valence electrons. The Hall–Kier alpha value is -2.41. The van der Waals surface area contributed by atoms with E-state index in [1.165, 1.54) is 23.5 Å². The van der Waals surface area contributed by atoms with Crippen LogP contribution in [0, 0.1) is 17.7 Å². The number of halogens is 1. The first kappa shape index (κ1) is 21.8. The zero-order chi connectivity index (χ0) is 22.3. The predicted octanol–water partition coefficient (Wildman–Crippen LogP) is 4.85. The molecule has 0 unspecified atom stereocenters. The molecule has 0 aliphatic carbocycles. The number of carbonyl (C=O) groups is 2. The molecule has 1 aromatic carbocycles. The van der Waals surface area contributed by atoms with Crippen LogP contribution in [0.1, 0.15) is 55.8 Å². The summed E-state index contributed by atoms with van der Waals surface area (Å²) < 4.78 is 19.6. The predicted molar refractivity (Wildman–Crippen MR) is 120 cm³/mol. The Labute approximate surface area is 186 Å². The molecule has 2 aliphatic rings. The fraction of sp³-hybridized carbons (Fsp3) is 0.500. The first-order valence-corrected chi connectivity index (χ1v) is 11.7. The third-order valence-corrected chi connectivity index (χ3v) is 6.94. The number of hydrogen-bond acceptors (Lipinski definition) is 4. The summed E-state index contributed by atoms with van der Waals surface area (Å²) >= 11 is 1.36. The number of nitrogens with one attached hydrogen (secondary N) is 1. The lowest BCUT2D eigenvalue weighted by molar-refractivity contribution is -0.130. The Morgan fingerprint density at radius 1 is 1.23 bits per heavy atom. The van der Waals surface area contributed by atoms with E-state index in [0.29, 0.717) is 41.7 Å². The second-order valence-electron chi connectivity index (χ2n) is 9.33. The molecule has 2 atom stereocenters. The number of nitrogens with zero attached hydrogens (tertiary/aromatic N) is 1. The molecular weight excluding hydrogens is 415 g/mol. The van der Waals surface area contributed by atoms with E-state index < -0.39 is 6.04 Å². The quantitative estimate of drug-likeness (QED) is 0.717. The standard InChI is InChI=1S/C24H29FN2O3S/c1-13(2)7-17-11-27(19(8-14(3)4)23(28)26-17)24(29)21-9-15-12-30-20-6-5-16(25)10-18(20)22(15)31-21/h5-6,9-10,13-14,17,19H,7-8,11-12H2,1-4H3,(H,26,28)/t17-,19-/m0/s1. The van der Waals surface area contributed by atoms with Crippen LogP contribution in [0.3, 0.4) is 0 Å². The van der Waals surface area contributed by atoms with E-state index in [9.17, 15) is 14.0 Å². The van der Waals surface area contributed by atoms with Gasteiger partial charge in [0.25, 0.3) is 5.91 Å². The fourth-order valence-corrected chi connectivity index (χ4v) is 5.57. The molecule has 0 radical (unpaired) electrons. The van der Waals surface area contributed by atoms with Crippen molar-refractivity contribution in [2.75, 3.05) is 6.54 Å². The minimum atomic E-state index is -0.476. The van der Waals surface area contributed by atoms with E-state index in [1.54, 1.807) is 11.0 Å². The second-order valence-corrected chi connectivity index (χ2v) is 10.4. The Morgan fingerprint density at radius 2 is 1.97 bits per heavy atom. The summed E-state index contributed by atoms with van der Waals surface area (Å²) in [6.07, 6.45) is 1.44. The average molecular weight is 445 g/mol. The molecule has 31 heavy (non-hydrogen) atoms. The summed E-state index contributed by atoms with van der Waals surface area (Å²) in [5.74, 6) is 0.788. The molecule has 1 fully saturated rings. The lowest BCUT2D eigenvalue weighted by Crippen LogP contribution is -2.62. The van der Waals surface area contributed by atoms with Crippen LogP contribution in [0.4, 0.5) is 4.39 Å². The molecule has 0 spiro atoms. The first-order chi connectivity index (χ1) is 14.7. The summed E-state index contributed by atoms with van der Waals surface area (Å²) in [6, 6.07) is 5.77. The van der Waals surface area contributed by atoms with Crippen molar-refractivity contribution in [1.82, 2.24) is 10.2 Å². The summed E-state index contributed by atoms with van der Waals surface area (Å²) in [6.45, 7) is 9.20. The number of fused-ring (bicyclic) bond motifs is 3.